The van der Waals surface area contributed by atoms with E-state index in [-0.39, 0.29) is 36.6 Å². The summed E-state index contributed by atoms with van der Waals surface area (Å²) < 4.78 is 18.0. The number of carbonyl (C=O) groups excluding carboxylic acids is 2. The number of hydrogen-bond donors (Lipinski definition) is 4. The molecule has 4 atom stereocenters. The second kappa shape index (κ2) is 13.2. The molecule has 0 radical (unpaired) electrons. The van der Waals surface area contributed by atoms with Crippen LogP contribution in [0.25, 0.3) is 0 Å². The summed E-state index contributed by atoms with van der Waals surface area (Å²) >= 11 is 5.20. The lowest BCUT2D eigenvalue weighted by molar-refractivity contribution is -0.161. The van der Waals surface area contributed by atoms with Gasteiger partial charge in [0.25, 0.3) is 0 Å². The average Bonchev–Trinajstić information content (AvgIpc) is 2.64. The topological polar surface area (TPSA) is 113 Å². The van der Waals surface area contributed by atoms with Crippen molar-refractivity contribution in [2.45, 2.75) is 52.7 Å². The van der Waals surface area contributed by atoms with Crippen molar-refractivity contribution in [2.75, 3.05) is 30.2 Å². The van der Waals surface area contributed by atoms with Gasteiger partial charge < -0.3 is 24.6 Å². The van der Waals surface area contributed by atoms with Crippen molar-refractivity contribution >= 4 is 45.1 Å². The van der Waals surface area contributed by atoms with Gasteiger partial charge in [-0.3, -0.25) is 9.59 Å². The highest BCUT2D eigenvalue weighted by atomic mass is 32.2. The van der Waals surface area contributed by atoms with E-state index in [0.717, 1.165) is 0 Å². The maximum Gasteiger partial charge on any atom is 0.314 e. The maximum absolute atomic E-state index is 12.5. The highest BCUT2D eigenvalue weighted by molar-refractivity contribution is 7.99. The Balaban J connectivity index is 4.68. The van der Waals surface area contributed by atoms with E-state index in [1.54, 1.807) is 20.8 Å². The molecule has 10 heteroatoms. The summed E-state index contributed by atoms with van der Waals surface area (Å²) in [6, 6.07) is 0. The smallest absolute Gasteiger partial charge is 0.314 e. The molecule has 0 aliphatic heterocycles. The van der Waals surface area contributed by atoms with E-state index < -0.39 is 43.7 Å². The summed E-state index contributed by atoms with van der Waals surface area (Å²) in [5, 5.41) is 27.9. The molecule has 0 aliphatic rings. The number of esters is 1. The number of ether oxygens (including phenoxy) is 1. The van der Waals surface area contributed by atoms with Crippen LogP contribution < -0.4 is 0 Å². The third-order valence-electron chi connectivity index (χ3n) is 4.10. The Hall–Kier alpha value is -0.0500. The predicted octanol–water partition coefficient (Wildman–Crippen LogP) is 1.83. The molecule has 3 N–H and O–H groups in total. The molecule has 0 fully saturated rings. The Morgan fingerprint density at radius 1 is 1.22 bits per heavy atom. The quantitative estimate of drug-likeness (QED) is 0.182. The lowest BCUT2D eigenvalue weighted by Crippen LogP contribution is -2.38. The minimum absolute atomic E-state index is 0.150. The van der Waals surface area contributed by atoms with Crippen molar-refractivity contribution < 1.29 is 34.2 Å². The fraction of sp³-hybridized carbons (Fsp3) is 0.882. The zero-order chi connectivity index (χ0) is 22.0. The first-order valence-corrected chi connectivity index (χ1v) is 11.5. The number of aliphatic hydroxyl groups excluding tert-OH is 3. The summed E-state index contributed by atoms with van der Waals surface area (Å²) in [5.41, 5.74) is -1.78. The normalized spacial score (nSPS) is 18.0. The summed E-state index contributed by atoms with van der Waals surface area (Å²) in [6.45, 7) is 6.30. The van der Waals surface area contributed by atoms with Gasteiger partial charge in [0.05, 0.1) is 38.4 Å². The fourth-order valence-electron chi connectivity index (χ4n) is 2.39. The minimum Gasteiger partial charge on any atom is -0.462 e. The van der Waals surface area contributed by atoms with Gasteiger partial charge in [0, 0.05) is 17.0 Å². The molecule has 0 saturated heterocycles. The van der Waals surface area contributed by atoms with Crippen molar-refractivity contribution in [2.24, 2.45) is 10.8 Å². The van der Waals surface area contributed by atoms with Gasteiger partial charge in [0.15, 0.2) is 0 Å². The molecule has 27 heavy (non-hydrogen) atoms. The molecule has 0 aliphatic carbocycles. The number of aliphatic hydroxyl groups is 3. The monoisotopic (exact) mass is 445 g/mol. The summed E-state index contributed by atoms with van der Waals surface area (Å²) in [7, 11) is -1.69. The van der Waals surface area contributed by atoms with Crippen molar-refractivity contribution in [3.63, 3.8) is 0 Å². The zero-order valence-corrected chi connectivity index (χ0v) is 19.0. The molecule has 0 saturated carbocycles. The second-order valence-electron chi connectivity index (χ2n) is 7.25. The van der Waals surface area contributed by atoms with Crippen LogP contribution in [0.3, 0.4) is 0 Å². The van der Waals surface area contributed by atoms with E-state index in [1.165, 1.54) is 11.8 Å². The molecular weight excluding hydrogens is 411 g/mol. The van der Waals surface area contributed by atoms with E-state index in [9.17, 15) is 19.8 Å². The molecular formula is C17H33O7PS2. The molecule has 4 unspecified atom stereocenters. The van der Waals surface area contributed by atoms with Crippen molar-refractivity contribution in [1.82, 2.24) is 0 Å². The van der Waals surface area contributed by atoms with E-state index >= 15 is 0 Å². The summed E-state index contributed by atoms with van der Waals surface area (Å²) in [6.07, 6.45) is -1.14. The third kappa shape index (κ3) is 10.3. The lowest BCUT2D eigenvalue weighted by atomic mass is 9.72. The zero-order valence-electron chi connectivity index (χ0n) is 17.4. The van der Waals surface area contributed by atoms with Gasteiger partial charge in [-0.1, -0.05) is 6.92 Å². The van der Waals surface area contributed by atoms with Crippen LogP contribution in [0.4, 0.5) is 0 Å². The second-order valence-corrected chi connectivity index (χ2v) is 9.90. The molecule has 0 heterocycles. The first kappa shape index (κ1) is 25.0. The Kier molecular flexibility index (Phi) is 12.2. The Morgan fingerprint density at radius 2 is 1.81 bits per heavy atom. The van der Waals surface area contributed by atoms with Gasteiger partial charge in [-0.25, -0.2) is 0 Å². The minimum atomic E-state index is -1.69. The SMILES string of the molecule is [2H]P(CS)OC(=O)C(C)(CC)CC(C)(C)C(=O)OCC(O)CSCC(O)CO. The molecule has 0 rings (SSSR count). The van der Waals surface area contributed by atoms with E-state index in [0.29, 0.717) is 6.42 Å². The van der Waals surface area contributed by atoms with Gasteiger partial charge in [-0.05, 0) is 33.6 Å². The van der Waals surface area contributed by atoms with Crippen molar-refractivity contribution in [1.29, 1.82) is 1.28 Å². The Bertz CT molecular complexity index is 498. The number of hydrogen-bond acceptors (Lipinski definition) is 9. The Labute approximate surface area is 174 Å². The third-order valence-corrected chi connectivity index (χ3v) is 6.10. The van der Waals surface area contributed by atoms with Gasteiger partial charge in [0.2, 0.25) is 0 Å². The highest BCUT2D eigenvalue weighted by Gasteiger charge is 2.43. The fourth-order valence-corrected chi connectivity index (χ4v) is 3.85. The first-order chi connectivity index (χ1) is 12.9. The molecule has 0 amide bonds. The van der Waals surface area contributed by atoms with Crippen molar-refractivity contribution in [3.8, 4) is 0 Å². The molecule has 0 aromatic carbocycles. The molecule has 0 spiro atoms. The largest absolute Gasteiger partial charge is 0.462 e. The van der Waals surface area contributed by atoms with Crippen LogP contribution in [-0.4, -0.2) is 71.0 Å². The summed E-state index contributed by atoms with van der Waals surface area (Å²) in [5.74, 6) is -0.540. The van der Waals surface area contributed by atoms with Gasteiger partial charge >= 0.3 is 11.9 Å². The molecule has 7 nitrogen and oxygen atoms in total. The van der Waals surface area contributed by atoms with Crippen LogP contribution in [0.2, 0.25) is 0 Å². The Morgan fingerprint density at radius 3 is 2.33 bits per heavy atom. The van der Waals surface area contributed by atoms with Gasteiger partial charge in [0.1, 0.15) is 7.89 Å². The van der Waals surface area contributed by atoms with Crippen LogP contribution >= 0.6 is 33.1 Å². The number of thiol groups is 1. The predicted molar refractivity (Wildman–Crippen MR) is 112 cm³/mol. The van der Waals surface area contributed by atoms with Crippen LogP contribution in [0.15, 0.2) is 0 Å². The molecule has 0 aromatic rings. The molecule has 160 valence electrons. The van der Waals surface area contributed by atoms with Gasteiger partial charge in [-0.2, -0.15) is 24.4 Å². The van der Waals surface area contributed by atoms with Crippen LogP contribution in [0, 0.1) is 10.8 Å². The number of rotatable bonds is 14. The van der Waals surface area contributed by atoms with Crippen LogP contribution in [-0.2, 0) is 18.8 Å². The van der Waals surface area contributed by atoms with E-state index in [1.807, 2.05) is 6.92 Å². The standard InChI is InChI=1S/C17H33O7PS2/c1-5-17(4,15(22)24-25-11-26)10-16(2,3)14(21)23-7-13(20)9-27-8-12(19)6-18/h12-13,18-20,25-26H,5-11H2,1-4H3/i25D. The van der Waals surface area contributed by atoms with Crippen LogP contribution in [0.1, 0.15) is 40.5 Å². The highest BCUT2D eigenvalue weighted by Crippen LogP contribution is 2.39. The average molecular weight is 446 g/mol. The first-order valence-electron chi connectivity index (χ1n) is 9.18. The van der Waals surface area contributed by atoms with E-state index in [2.05, 4.69) is 12.6 Å². The lowest BCUT2D eigenvalue weighted by Gasteiger charge is -2.33. The van der Waals surface area contributed by atoms with Gasteiger partial charge in [-0.15, -0.1) is 0 Å². The van der Waals surface area contributed by atoms with Crippen LogP contribution in [0.5, 0.6) is 0 Å². The molecule has 0 bridgehead atoms. The van der Waals surface area contributed by atoms with E-state index in [4.69, 9.17) is 15.6 Å². The number of carbonyl (C=O) groups is 2. The summed E-state index contributed by atoms with van der Waals surface area (Å²) in [4.78, 5) is 24.9. The maximum atomic E-state index is 12.5. The van der Waals surface area contributed by atoms with Crippen molar-refractivity contribution in [3.05, 3.63) is 0 Å². The number of thioether (sulfide) groups is 1. The molecule has 0 aromatic heterocycles.